The molecule has 2 aromatic carbocycles. The van der Waals surface area contributed by atoms with Crippen LogP contribution in [0.25, 0.3) is 22.5 Å². The quantitative estimate of drug-likeness (QED) is 0.215. The van der Waals surface area contributed by atoms with Crippen LogP contribution in [-0.2, 0) is 14.3 Å². The van der Waals surface area contributed by atoms with Crippen LogP contribution >= 0.6 is 0 Å². The summed E-state index contributed by atoms with van der Waals surface area (Å²) in [6.45, 7) is 7.00. The van der Waals surface area contributed by atoms with Crippen molar-refractivity contribution in [1.29, 1.82) is 0 Å². The van der Waals surface area contributed by atoms with E-state index in [9.17, 15) is 4.79 Å². The van der Waals surface area contributed by atoms with E-state index in [0.29, 0.717) is 12.6 Å². The molecule has 0 radical (unpaired) electrons. The normalized spacial score (nSPS) is 14.0. The Morgan fingerprint density at radius 3 is 2.16 bits per heavy atom. The molecule has 0 amide bonds. The number of carbonyl (C=O) groups is 1. The molecule has 6 heteroatoms. The Morgan fingerprint density at radius 2 is 1.54 bits per heavy atom. The Labute approximate surface area is 221 Å². The van der Waals surface area contributed by atoms with Gasteiger partial charge in [-0.05, 0) is 46.5 Å². The van der Waals surface area contributed by atoms with E-state index in [4.69, 9.17) is 19.4 Å². The molecule has 0 bridgehead atoms. The molecule has 1 saturated carbocycles. The highest BCUT2D eigenvalue weighted by molar-refractivity contribution is 5.78. The zero-order valence-corrected chi connectivity index (χ0v) is 22.4. The molecule has 196 valence electrons. The average molecular weight is 502 g/mol. The van der Waals surface area contributed by atoms with Gasteiger partial charge in [0.2, 0.25) is 0 Å². The second-order valence-corrected chi connectivity index (χ2v) is 10.6. The van der Waals surface area contributed by atoms with Gasteiger partial charge in [-0.2, -0.15) is 0 Å². The summed E-state index contributed by atoms with van der Waals surface area (Å²) in [6, 6.07) is 21.1. The van der Waals surface area contributed by atoms with Crippen molar-refractivity contribution in [2.24, 2.45) is 0 Å². The fourth-order valence-electron chi connectivity index (χ4n) is 4.84. The minimum absolute atomic E-state index is 0.00350. The van der Waals surface area contributed by atoms with Crippen molar-refractivity contribution in [2.75, 3.05) is 24.7 Å². The molecule has 1 fully saturated rings. The van der Waals surface area contributed by atoms with Gasteiger partial charge in [-0.1, -0.05) is 73.5 Å². The molecule has 6 nitrogen and oxygen atoms in total. The number of ether oxygens (including phenoxy) is 2. The molecule has 0 saturated heterocycles. The molecule has 0 spiro atoms. The van der Waals surface area contributed by atoms with Gasteiger partial charge in [-0.3, -0.25) is 4.98 Å². The molecule has 0 unspecified atom stereocenters. The van der Waals surface area contributed by atoms with Crippen molar-refractivity contribution < 1.29 is 14.3 Å². The van der Waals surface area contributed by atoms with Gasteiger partial charge in [0.1, 0.15) is 18.0 Å². The van der Waals surface area contributed by atoms with Crippen molar-refractivity contribution in [3.63, 3.8) is 0 Å². The molecular formula is C31H39N3O3. The van der Waals surface area contributed by atoms with Gasteiger partial charge >= 0.3 is 5.97 Å². The van der Waals surface area contributed by atoms with E-state index in [1.54, 1.807) is 0 Å². The van der Waals surface area contributed by atoms with Gasteiger partial charge < -0.3 is 14.4 Å². The third-order valence-corrected chi connectivity index (χ3v) is 6.49. The summed E-state index contributed by atoms with van der Waals surface area (Å²) in [7, 11) is 0. The lowest BCUT2D eigenvalue weighted by molar-refractivity contribution is -0.160. The van der Waals surface area contributed by atoms with E-state index in [2.05, 4.69) is 29.2 Å². The summed E-state index contributed by atoms with van der Waals surface area (Å²) in [5.41, 5.74) is 3.45. The molecule has 4 rings (SSSR count). The standard InChI is InChI=1S/C31H39N3O3/c1-31(2,3)37-28(35)23-36-21-13-12-20-34(26-18-10-11-19-26)27-22-32-29(24-14-6-4-7-15-24)30(33-27)25-16-8-5-9-17-25/h4-9,14-17,22,26H,10-13,18-21,23H2,1-3H3. The van der Waals surface area contributed by atoms with Crippen LogP contribution in [0.2, 0.25) is 0 Å². The van der Waals surface area contributed by atoms with E-state index in [-0.39, 0.29) is 12.6 Å². The summed E-state index contributed by atoms with van der Waals surface area (Å²) in [5, 5.41) is 0. The predicted molar refractivity (Wildman–Crippen MR) is 148 cm³/mol. The van der Waals surface area contributed by atoms with Crippen molar-refractivity contribution in [2.45, 2.75) is 70.9 Å². The van der Waals surface area contributed by atoms with Gasteiger partial charge in [-0.25, -0.2) is 9.78 Å². The second-order valence-electron chi connectivity index (χ2n) is 10.6. The number of anilines is 1. The van der Waals surface area contributed by atoms with E-state index in [1.165, 1.54) is 25.7 Å². The van der Waals surface area contributed by atoms with Crippen molar-refractivity contribution >= 4 is 11.8 Å². The topological polar surface area (TPSA) is 64.6 Å². The maximum atomic E-state index is 11.9. The van der Waals surface area contributed by atoms with Crippen LogP contribution in [-0.4, -0.2) is 47.3 Å². The lowest BCUT2D eigenvalue weighted by atomic mass is 10.0. The largest absolute Gasteiger partial charge is 0.458 e. The molecule has 1 aliphatic carbocycles. The molecule has 0 N–H and O–H groups in total. The zero-order valence-electron chi connectivity index (χ0n) is 22.4. The molecule has 37 heavy (non-hydrogen) atoms. The zero-order chi connectivity index (χ0) is 26.1. The number of unbranched alkanes of at least 4 members (excludes halogenated alkanes) is 1. The highest BCUT2D eigenvalue weighted by Gasteiger charge is 2.25. The SMILES string of the molecule is CC(C)(C)OC(=O)COCCCCN(c1cnc(-c2ccccc2)c(-c2ccccc2)n1)C1CCCC1. The Hall–Kier alpha value is -3.25. The first kappa shape index (κ1) is 26.8. The highest BCUT2D eigenvalue weighted by Crippen LogP contribution is 2.33. The Kier molecular flexibility index (Phi) is 9.29. The second kappa shape index (κ2) is 12.8. The minimum Gasteiger partial charge on any atom is -0.458 e. The van der Waals surface area contributed by atoms with Crippen LogP contribution in [0.5, 0.6) is 0 Å². The molecule has 1 aromatic heterocycles. The van der Waals surface area contributed by atoms with Crippen LogP contribution in [0, 0.1) is 0 Å². The minimum atomic E-state index is -0.488. The lowest BCUT2D eigenvalue weighted by Gasteiger charge is -2.30. The van der Waals surface area contributed by atoms with Crippen molar-refractivity contribution in [3.8, 4) is 22.5 Å². The molecule has 0 atom stereocenters. The summed E-state index contributed by atoms with van der Waals surface area (Å²) in [5.74, 6) is 0.613. The van der Waals surface area contributed by atoms with Gasteiger partial charge in [-0.15, -0.1) is 0 Å². The van der Waals surface area contributed by atoms with Crippen LogP contribution in [0.1, 0.15) is 59.3 Å². The summed E-state index contributed by atoms with van der Waals surface area (Å²) < 4.78 is 10.9. The number of benzene rings is 2. The monoisotopic (exact) mass is 501 g/mol. The Bertz CT molecular complexity index is 1120. The first-order valence-electron chi connectivity index (χ1n) is 13.4. The number of nitrogens with zero attached hydrogens (tertiary/aromatic N) is 3. The van der Waals surface area contributed by atoms with Gasteiger partial charge in [0, 0.05) is 30.3 Å². The van der Waals surface area contributed by atoms with Crippen LogP contribution < -0.4 is 4.90 Å². The number of hydrogen-bond donors (Lipinski definition) is 0. The van der Waals surface area contributed by atoms with Gasteiger partial charge in [0.05, 0.1) is 17.6 Å². The lowest BCUT2D eigenvalue weighted by Crippen LogP contribution is -2.35. The third-order valence-electron chi connectivity index (χ3n) is 6.49. The molecule has 0 aliphatic heterocycles. The van der Waals surface area contributed by atoms with Crippen LogP contribution in [0.3, 0.4) is 0 Å². The fraction of sp³-hybridized carbons (Fsp3) is 0.452. The number of rotatable bonds is 11. The van der Waals surface area contributed by atoms with Gasteiger partial charge in [0.15, 0.2) is 0 Å². The van der Waals surface area contributed by atoms with Crippen molar-refractivity contribution in [1.82, 2.24) is 9.97 Å². The summed E-state index contributed by atoms with van der Waals surface area (Å²) in [4.78, 5) is 24.5. The van der Waals surface area contributed by atoms with E-state index < -0.39 is 5.60 Å². The van der Waals surface area contributed by atoms with E-state index in [1.807, 2.05) is 63.4 Å². The summed E-state index contributed by atoms with van der Waals surface area (Å²) in [6.07, 6.45) is 8.62. The number of hydrogen-bond acceptors (Lipinski definition) is 6. The smallest absolute Gasteiger partial charge is 0.332 e. The Balaban J connectivity index is 1.46. The molecule has 1 heterocycles. The molecule has 3 aromatic rings. The van der Waals surface area contributed by atoms with Crippen molar-refractivity contribution in [3.05, 3.63) is 66.9 Å². The highest BCUT2D eigenvalue weighted by atomic mass is 16.6. The van der Waals surface area contributed by atoms with E-state index >= 15 is 0 Å². The van der Waals surface area contributed by atoms with Crippen LogP contribution in [0.15, 0.2) is 66.9 Å². The number of aromatic nitrogens is 2. The molecular weight excluding hydrogens is 462 g/mol. The van der Waals surface area contributed by atoms with Crippen LogP contribution in [0.4, 0.5) is 5.82 Å². The van der Waals surface area contributed by atoms with Gasteiger partial charge in [0.25, 0.3) is 0 Å². The predicted octanol–water partition coefficient (Wildman–Crippen LogP) is 6.70. The van der Waals surface area contributed by atoms with E-state index in [0.717, 1.165) is 47.7 Å². The average Bonchev–Trinajstić information content (AvgIpc) is 3.43. The first-order chi connectivity index (χ1) is 17.9. The first-order valence-corrected chi connectivity index (χ1v) is 13.4. The third kappa shape index (κ3) is 7.86. The fourth-order valence-corrected chi connectivity index (χ4v) is 4.84. The number of esters is 1. The maximum absolute atomic E-state index is 11.9. The Morgan fingerprint density at radius 1 is 0.919 bits per heavy atom. The molecule has 1 aliphatic rings. The number of carbonyl (C=O) groups excluding carboxylic acids is 1. The maximum Gasteiger partial charge on any atom is 0.332 e. The summed E-state index contributed by atoms with van der Waals surface area (Å²) >= 11 is 0.